The third-order valence-corrected chi connectivity index (χ3v) is 3.88. The van der Waals surface area contributed by atoms with Gasteiger partial charge in [0.05, 0.1) is 0 Å². The minimum Gasteiger partial charge on any atom is -0.123 e. The van der Waals surface area contributed by atoms with Crippen molar-refractivity contribution in [3.05, 3.63) is 0 Å². The highest BCUT2D eigenvalue weighted by atomic mass is 35.5. The van der Waals surface area contributed by atoms with E-state index in [4.69, 9.17) is 11.6 Å². The first-order chi connectivity index (χ1) is 6.61. The van der Waals surface area contributed by atoms with Crippen LogP contribution in [0.5, 0.6) is 0 Å². The van der Waals surface area contributed by atoms with E-state index < -0.39 is 0 Å². The summed E-state index contributed by atoms with van der Waals surface area (Å²) in [7, 11) is 0. The van der Waals surface area contributed by atoms with E-state index in [1.54, 1.807) is 0 Å². The van der Waals surface area contributed by atoms with Crippen LogP contribution >= 0.6 is 11.6 Å². The van der Waals surface area contributed by atoms with Crippen molar-refractivity contribution in [3.8, 4) is 0 Å². The van der Waals surface area contributed by atoms with E-state index in [1.807, 2.05) is 0 Å². The quantitative estimate of drug-likeness (QED) is 0.489. The molecule has 3 atom stereocenters. The van der Waals surface area contributed by atoms with Crippen LogP contribution in [0.4, 0.5) is 0 Å². The molecule has 0 nitrogen and oxygen atoms in total. The Balaban J connectivity index is 3.43. The van der Waals surface area contributed by atoms with Crippen LogP contribution in [0.2, 0.25) is 0 Å². The minimum absolute atomic E-state index is 0.386. The molecule has 86 valence electrons. The summed E-state index contributed by atoms with van der Waals surface area (Å²) in [5, 5.41) is 0.386. The summed E-state index contributed by atoms with van der Waals surface area (Å²) >= 11 is 6.19. The van der Waals surface area contributed by atoms with Gasteiger partial charge in [0.15, 0.2) is 0 Å². The summed E-state index contributed by atoms with van der Waals surface area (Å²) in [6, 6.07) is 0. The molecule has 0 aromatic heterocycles. The van der Waals surface area contributed by atoms with Gasteiger partial charge in [-0.3, -0.25) is 0 Å². The summed E-state index contributed by atoms with van der Waals surface area (Å²) in [4.78, 5) is 0. The van der Waals surface area contributed by atoms with Crippen molar-refractivity contribution in [2.75, 3.05) is 0 Å². The van der Waals surface area contributed by atoms with Gasteiger partial charge in [-0.25, -0.2) is 0 Å². The molecule has 0 aromatic rings. The fourth-order valence-electron chi connectivity index (χ4n) is 2.01. The van der Waals surface area contributed by atoms with Crippen molar-refractivity contribution in [1.82, 2.24) is 0 Å². The first-order valence-electron chi connectivity index (χ1n) is 6.25. The van der Waals surface area contributed by atoms with Crippen molar-refractivity contribution < 1.29 is 0 Å². The number of hydrogen-bond donors (Lipinski definition) is 0. The maximum atomic E-state index is 6.19. The van der Waals surface area contributed by atoms with Crippen LogP contribution in [0.1, 0.15) is 66.2 Å². The van der Waals surface area contributed by atoms with Gasteiger partial charge in [-0.05, 0) is 24.7 Å². The Hall–Kier alpha value is 0.290. The zero-order valence-corrected chi connectivity index (χ0v) is 11.1. The van der Waals surface area contributed by atoms with Crippen molar-refractivity contribution in [2.45, 2.75) is 71.6 Å². The monoisotopic (exact) mass is 218 g/mol. The van der Waals surface area contributed by atoms with Crippen LogP contribution in [-0.4, -0.2) is 5.38 Å². The highest BCUT2D eigenvalue weighted by Gasteiger charge is 2.12. The zero-order chi connectivity index (χ0) is 11.0. The normalized spacial score (nSPS) is 17.8. The summed E-state index contributed by atoms with van der Waals surface area (Å²) in [6.45, 7) is 9.09. The summed E-state index contributed by atoms with van der Waals surface area (Å²) in [5.74, 6) is 1.60. The number of hydrogen-bond acceptors (Lipinski definition) is 0. The van der Waals surface area contributed by atoms with E-state index in [-0.39, 0.29) is 0 Å². The first kappa shape index (κ1) is 14.3. The first-order valence-corrected chi connectivity index (χ1v) is 6.69. The van der Waals surface area contributed by atoms with Gasteiger partial charge >= 0.3 is 0 Å². The number of rotatable bonds is 8. The van der Waals surface area contributed by atoms with Crippen LogP contribution in [-0.2, 0) is 0 Å². The predicted molar refractivity (Wildman–Crippen MR) is 67.0 cm³/mol. The Labute approximate surface area is 95.4 Å². The maximum absolute atomic E-state index is 6.19. The Morgan fingerprint density at radius 1 is 1.00 bits per heavy atom. The molecule has 0 aliphatic rings. The Bertz CT molecular complexity index is 122. The Morgan fingerprint density at radius 3 is 2.14 bits per heavy atom. The van der Waals surface area contributed by atoms with Crippen LogP contribution in [0, 0.1) is 11.8 Å². The molecule has 1 heteroatoms. The molecule has 0 spiro atoms. The average molecular weight is 219 g/mol. The van der Waals surface area contributed by atoms with Crippen molar-refractivity contribution in [2.24, 2.45) is 11.8 Å². The zero-order valence-electron chi connectivity index (χ0n) is 10.4. The molecule has 0 aliphatic heterocycles. The molecular weight excluding hydrogens is 192 g/mol. The minimum atomic E-state index is 0.386. The molecule has 0 N–H and O–H groups in total. The summed E-state index contributed by atoms with van der Waals surface area (Å²) in [6.07, 6.45) is 7.84. The lowest BCUT2D eigenvalue weighted by Gasteiger charge is -2.17. The molecule has 0 rings (SSSR count). The van der Waals surface area contributed by atoms with E-state index in [9.17, 15) is 0 Å². The van der Waals surface area contributed by atoms with Crippen LogP contribution in [0.3, 0.4) is 0 Å². The lowest BCUT2D eigenvalue weighted by atomic mass is 9.93. The second-order valence-corrected chi connectivity index (χ2v) is 5.29. The van der Waals surface area contributed by atoms with Gasteiger partial charge in [-0.15, -0.1) is 11.6 Å². The molecule has 0 amide bonds. The average Bonchev–Trinajstić information content (AvgIpc) is 2.16. The van der Waals surface area contributed by atoms with E-state index in [0.717, 1.165) is 12.3 Å². The Morgan fingerprint density at radius 2 is 1.64 bits per heavy atom. The SMILES string of the molecule is CCCC(C)CCCC(C)C(Cl)CC. The molecule has 0 saturated heterocycles. The molecule has 14 heavy (non-hydrogen) atoms. The van der Waals surface area contributed by atoms with Gasteiger partial charge in [0.1, 0.15) is 0 Å². The van der Waals surface area contributed by atoms with Crippen LogP contribution in [0.15, 0.2) is 0 Å². The fourth-order valence-corrected chi connectivity index (χ4v) is 2.13. The van der Waals surface area contributed by atoms with Crippen LogP contribution < -0.4 is 0 Å². The van der Waals surface area contributed by atoms with Crippen molar-refractivity contribution in [3.63, 3.8) is 0 Å². The molecular formula is C13H27Cl. The van der Waals surface area contributed by atoms with Crippen molar-refractivity contribution >= 4 is 11.6 Å². The largest absolute Gasteiger partial charge is 0.123 e. The topological polar surface area (TPSA) is 0 Å². The van der Waals surface area contributed by atoms with Crippen LogP contribution in [0.25, 0.3) is 0 Å². The lowest BCUT2D eigenvalue weighted by molar-refractivity contribution is 0.410. The second kappa shape index (κ2) is 8.59. The summed E-state index contributed by atoms with van der Waals surface area (Å²) in [5.41, 5.74) is 0. The fraction of sp³-hybridized carbons (Fsp3) is 1.00. The standard InChI is InChI=1S/C13H27Cl/c1-5-8-11(3)9-7-10-12(4)13(14)6-2/h11-13H,5-10H2,1-4H3. The molecule has 0 aliphatic carbocycles. The molecule has 0 heterocycles. The molecule has 0 bridgehead atoms. The highest BCUT2D eigenvalue weighted by Crippen LogP contribution is 2.22. The lowest BCUT2D eigenvalue weighted by Crippen LogP contribution is -2.10. The van der Waals surface area contributed by atoms with Gasteiger partial charge in [-0.2, -0.15) is 0 Å². The van der Waals surface area contributed by atoms with Gasteiger partial charge in [0, 0.05) is 5.38 Å². The van der Waals surface area contributed by atoms with E-state index >= 15 is 0 Å². The summed E-state index contributed by atoms with van der Waals surface area (Å²) < 4.78 is 0. The molecule has 0 saturated carbocycles. The molecule has 3 unspecified atom stereocenters. The maximum Gasteiger partial charge on any atom is 0.0359 e. The van der Waals surface area contributed by atoms with E-state index in [1.165, 1.54) is 32.1 Å². The van der Waals surface area contributed by atoms with Gasteiger partial charge in [0.25, 0.3) is 0 Å². The second-order valence-electron chi connectivity index (χ2n) is 4.73. The van der Waals surface area contributed by atoms with Gasteiger partial charge in [-0.1, -0.05) is 53.4 Å². The smallest absolute Gasteiger partial charge is 0.0359 e. The molecule has 0 fully saturated rings. The number of alkyl halides is 1. The molecule has 0 aromatic carbocycles. The van der Waals surface area contributed by atoms with E-state index in [0.29, 0.717) is 11.3 Å². The third-order valence-electron chi connectivity index (χ3n) is 3.15. The molecule has 0 radical (unpaired) electrons. The highest BCUT2D eigenvalue weighted by molar-refractivity contribution is 6.20. The van der Waals surface area contributed by atoms with Gasteiger partial charge in [0.2, 0.25) is 0 Å². The number of halogens is 1. The predicted octanol–water partition coefficient (Wildman–Crippen LogP) is 5.25. The van der Waals surface area contributed by atoms with E-state index in [2.05, 4.69) is 27.7 Å². The third kappa shape index (κ3) is 6.70. The Kier molecular flexibility index (Phi) is 8.76. The van der Waals surface area contributed by atoms with Crippen molar-refractivity contribution in [1.29, 1.82) is 0 Å². The van der Waals surface area contributed by atoms with Gasteiger partial charge < -0.3 is 0 Å².